The summed E-state index contributed by atoms with van der Waals surface area (Å²) in [5.41, 5.74) is 2.28. The van der Waals surface area contributed by atoms with Gasteiger partial charge in [0, 0.05) is 5.56 Å². The van der Waals surface area contributed by atoms with Gasteiger partial charge in [0.15, 0.2) is 0 Å². The van der Waals surface area contributed by atoms with Crippen LogP contribution in [0.15, 0.2) is 41.1 Å². The smallest absolute Gasteiger partial charge is 0.251 e. The fraction of sp³-hybridized carbons (Fsp3) is 0.200. The Morgan fingerprint density at radius 2 is 2.20 bits per heavy atom. The number of nitrogens with one attached hydrogen (secondary N) is 2. The Hall–Kier alpha value is -2.56. The van der Waals surface area contributed by atoms with E-state index in [9.17, 15) is 4.79 Å². The third-order valence-corrected chi connectivity index (χ3v) is 3.22. The number of rotatable bonds is 3. The highest BCUT2D eigenvalue weighted by molar-refractivity contribution is 5.97. The van der Waals surface area contributed by atoms with Crippen LogP contribution in [0.25, 0.3) is 11.0 Å². The number of aromatic amines is 1. The largest absolute Gasteiger partial charge is 0.464 e. The first kappa shape index (κ1) is 12.5. The van der Waals surface area contributed by atoms with Gasteiger partial charge in [-0.2, -0.15) is 0 Å². The second kappa shape index (κ2) is 4.85. The van der Waals surface area contributed by atoms with E-state index in [1.54, 1.807) is 18.5 Å². The third kappa shape index (κ3) is 2.30. The molecule has 0 radical (unpaired) electrons. The number of aromatic nitrogens is 2. The summed E-state index contributed by atoms with van der Waals surface area (Å²) in [5.74, 6) is 1.45. The zero-order valence-electron chi connectivity index (χ0n) is 11.3. The molecule has 3 rings (SSSR count). The highest BCUT2D eigenvalue weighted by atomic mass is 16.3. The summed E-state index contributed by atoms with van der Waals surface area (Å²) in [4.78, 5) is 19.3. The molecule has 102 valence electrons. The molecule has 0 bridgehead atoms. The molecule has 0 aliphatic rings. The SMILES string of the molecule is Cc1ccc(C(C)NC(=O)c2ccc3nc[nH]c3c2)o1. The topological polar surface area (TPSA) is 70.9 Å². The van der Waals surface area contributed by atoms with Crippen LogP contribution < -0.4 is 5.32 Å². The summed E-state index contributed by atoms with van der Waals surface area (Å²) in [6, 6.07) is 8.96. The molecule has 1 unspecified atom stereocenters. The van der Waals surface area contributed by atoms with Gasteiger partial charge in [0.25, 0.3) is 5.91 Å². The lowest BCUT2D eigenvalue weighted by Gasteiger charge is -2.11. The quantitative estimate of drug-likeness (QED) is 0.768. The molecule has 2 aromatic heterocycles. The van der Waals surface area contributed by atoms with Crippen molar-refractivity contribution in [1.29, 1.82) is 0 Å². The van der Waals surface area contributed by atoms with Gasteiger partial charge < -0.3 is 14.7 Å². The number of imidazole rings is 1. The Balaban J connectivity index is 1.78. The second-order valence-electron chi connectivity index (χ2n) is 4.78. The average Bonchev–Trinajstić information content (AvgIpc) is 3.05. The van der Waals surface area contributed by atoms with Crippen LogP contribution >= 0.6 is 0 Å². The molecule has 0 saturated heterocycles. The number of aryl methyl sites for hydroxylation is 1. The monoisotopic (exact) mass is 269 g/mol. The van der Waals surface area contributed by atoms with E-state index >= 15 is 0 Å². The summed E-state index contributed by atoms with van der Waals surface area (Å²) in [7, 11) is 0. The van der Waals surface area contributed by atoms with Gasteiger partial charge in [0.2, 0.25) is 0 Å². The molecular weight excluding hydrogens is 254 g/mol. The molecule has 0 spiro atoms. The summed E-state index contributed by atoms with van der Waals surface area (Å²) in [6.45, 7) is 3.77. The lowest BCUT2D eigenvalue weighted by Crippen LogP contribution is -2.26. The predicted octanol–water partition coefficient (Wildman–Crippen LogP) is 2.96. The Morgan fingerprint density at radius 3 is 2.95 bits per heavy atom. The highest BCUT2D eigenvalue weighted by Gasteiger charge is 2.14. The van der Waals surface area contributed by atoms with Crippen LogP contribution in [0.5, 0.6) is 0 Å². The number of fused-ring (bicyclic) bond motifs is 1. The Kier molecular flexibility index (Phi) is 3.02. The van der Waals surface area contributed by atoms with Crippen molar-refractivity contribution in [2.75, 3.05) is 0 Å². The fourth-order valence-corrected chi connectivity index (χ4v) is 2.11. The van der Waals surface area contributed by atoms with Gasteiger partial charge in [-0.05, 0) is 44.2 Å². The number of hydrogen-bond acceptors (Lipinski definition) is 3. The molecule has 1 aromatic carbocycles. The molecule has 0 fully saturated rings. The lowest BCUT2D eigenvalue weighted by molar-refractivity contribution is 0.0935. The van der Waals surface area contributed by atoms with Crippen LogP contribution in [0.2, 0.25) is 0 Å². The van der Waals surface area contributed by atoms with Gasteiger partial charge in [-0.1, -0.05) is 0 Å². The first-order valence-corrected chi connectivity index (χ1v) is 6.44. The van der Waals surface area contributed by atoms with E-state index in [-0.39, 0.29) is 11.9 Å². The van der Waals surface area contributed by atoms with E-state index in [0.29, 0.717) is 5.56 Å². The van der Waals surface area contributed by atoms with Crippen LogP contribution in [-0.2, 0) is 0 Å². The number of H-pyrrole nitrogens is 1. The number of furan rings is 1. The number of amides is 1. The first-order chi connectivity index (χ1) is 9.63. The number of hydrogen-bond donors (Lipinski definition) is 2. The van der Waals surface area contributed by atoms with Crippen LogP contribution in [0.1, 0.15) is 34.8 Å². The zero-order chi connectivity index (χ0) is 14.1. The number of benzene rings is 1. The molecule has 5 nitrogen and oxygen atoms in total. The van der Waals surface area contributed by atoms with Crippen molar-refractivity contribution >= 4 is 16.9 Å². The Morgan fingerprint density at radius 1 is 1.35 bits per heavy atom. The highest BCUT2D eigenvalue weighted by Crippen LogP contribution is 2.17. The van der Waals surface area contributed by atoms with Crippen molar-refractivity contribution < 1.29 is 9.21 Å². The normalized spacial score (nSPS) is 12.5. The van der Waals surface area contributed by atoms with Crippen molar-refractivity contribution in [2.24, 2.45) is 0 Å². The Labute approximate surface area is 116 Å². The molecule has 0 saturated carbocycles. The fourth-order valence-electron chi connectivity index (χ4n) is 2.11. The van der Waals surface area contributed by atoms with Gasteiger partial charge in [-0.25, -0.2) is 4.98 Å². The molecule has 5 heteroatoms. The lowest BCUT2D eigenvalue weighted by atomic mass is 10.1. The van der Waals surface area contributed by atoms with Crippen molar-refractivity contribution in [3.8, 4) is 0 Å². The standard InChI is InChI=1S/C15H15N3O2/c1-9-3-6-14(20-9)10(2)18-15(19)11-4-5-12-13(7-11)17-8-16-12/h3-8,10H,1-2H3,(H,16,17)(H,18,19). The van der Waals surface area contributed by atoms with E-state index in [1.807, 2.05) is 32.0 Å². The maximum atomic E-state index is 12.2. The minimum Gasteiger partial charge on any atom is -0.464 e. The summed E-state index contributed by atoms with van der Waals surface area (Å²) in [6.07, 6.45) is 1.61. The summed E-state index contributed by atoms with van der Waals surface area (Å²) < 4.78 is 5.51. The van der Waals surface area contributed by atoms with E-state index in [1.165, 1.54) is 0 Å². The molecule has 2 heterocycles. The van der Waals surface area contributed by atoms with E-state index in [4.69, 9.17) is 4.42 Å². The van der Waals surface area contributed by atoms with Gasteiger partial charge in [0.05, 0.1) is 23.4 Å². The van der Waals surface area contributed by atoms with Gasteiger partial charge in [-0.15, -0.1) is 0 Å². The number of nitrogens with zero attached hydrogens (tertiary/aromatic N) is 1. The minimum absolute atomic E-state index is 0.136. The molecule has 3 aromatic rings. The maximum Gasteiger partial charge on any atom is 0.251 e. The molecular formula is C15H15N3O2. The van der Waals surface area contributed by atoms with Gasteiger partial charge in [-0.3, -0.25) is 4.79 Å². The van der Waals surface area contributed by atoms with Crippen molar-refractivity contribution in [2.45, 2.75) is 19.9 Å². The third-order valence-electron chi connectivity index (χ3n) is 3.22. The summed E-state index contributed by atoms with van der Waals surface area (Å²) >= 11 is 0. The predicted molar refractivity (Wildman–Crippen MR) is 75.4 cm³/mol. The van der Waals surface area contributed by atoms with Crippen LogP contribution in [0.3, 0.4) is 0 Å². The number of carbonyl (C=O) groups excluding carboxylic acids is 1. The van der Waals surface area contributed by atoms with Crippen LogP contribution in [-0.4, -0.2) is 15.9 Å². The molecule has 0 aliphatic heterocycles. The van der Waals surface area contributed by atoms with Crippen molar-refractivity contribution in [1.82, 2.24) is 15.3 Å². The Bertz CT molecular complexity index is 757. The molecule has 1 atom stereocenters. The summed E-state index contributed by atoms with van der Waals surface area (Å²) in [5, 5.41) is 2.92. The van der Waals surface area contributed by atoms with Crippen molar-refractivity contribution in [3.63, 3.8) is 0 Å². The average molecular weight is 269 g/mol. The second-order valence-corrected chi connectivity index (χ2v) is 4.78. The van der Waals surface area contributed by atoms with Crippen LogP contribution in [0.4, 0.5) is 0 Å². The molecule has 0 aliphatic carbocycles. The molecule has 2 N–H and O–H groups in total. The zero-order valence-corrected chi connectivity index (χ0v) is 11.3. The van der Waals surface area contributed by atoms with E-state index in [2.05, 4.69) is 15.3 Å². The van der Waals surface area contributed by atoms with E-state index < -0.39 is 0 Å². The van der Waals surface area contributed by atoms with Crippen molar-refractivity contribution in [3.05, 3.63) is 53.7 Å². The van der Waals surface area contributed by atoms with Crippen LogP contribution in [0, 0.1) is 6.92 Å². The minimum atomic E-state index is -0.173. The van der Waals surface area contributed by atoms with Gasteiger partial charge in [0.1, 0.15) is 11.5 Å². The molecule has 1 amide bonds. The van der Waals surface area contributed by atoms with Gasteiger partial charge >= 0.3 is 0 Å². The first-order valence-electron chi connectivity index (χ1n) is 6.44. The number of carbonyl (C=O) groups is 1. The maximum absolute atomic E-state index is 12.2. The molecule has 20 heavy (non-hydrogen) atoms. The van der Waals surface area contributed by atoms with E-state index in [0.717, 1.165) is 22.6 Å².